The molecule has 0 N–H and O–H groups in total. The minimum absolute atomic E-state index is 0.684. The highest BCUT2D eigenvalue weighted by Crippen LogP contribution is 2.24. The Morgan fingerprint density at radius 3 is 2.39 bits per heavy atom. The van der Waals surface area contributed by atoms with E-state index in [9.17, 15) is 0 Å². The monoisotopic (exact) mass is 388 g/mol. The van der Waals surface area contributed by atoms with Gasteiger partial charge in [0.05, 0.1) is 17.6 Å². The first-order valence-corrected chi connectivity index (χ1v) is 9.49. The quantitative estimate of drug-likeness (QED) is 0.420. The molecule has 0 fully saturated rings. The number of aliphatic imine (C=N–C) groups is 1. The van der Waals surface area contributed by atoms with Crippen molar-refractivity contribution >= 4 is 40.5 Å². The molecular weight excluding hydrogens is 368 g/mol. The first kappa shape index (κ1) is 18.3. The predicted molar refractivity (Wildman–Crippen MR) is 118 cm³/mol. The van der Waals surface area contributed by atoms with E-state index in [0.29, 0.717) is 12.5 Å². The van der Waals surface area contributed by atoms with Crippen molar-refractivity contribution in [3.05, 3.63) is 88.9 Å². The highest BCUT2D eigenvalue weighted by atomic mass is 35.5. The van der Waals surface area contributed by atoms with Gasteiger partial charge in [-0.1, -0.05) is 48.0 Å². The molecule has 28 heavy (non-hydrogen) atoms. The van der Waals surface area contributed by atoms with Crippen LogP contribution in [0, 0.1) is 0 Å². The van der Waals surface area contributed by atoms with Crippen molar-refractivity contribution in [3.63, 3.8) is 0 Å². The van der Waals surface area contributed by atoms with Crippen LogP contribution in [0.4, 0.5) is 11.6 Å². The summed E-state index contributed by atoms with van der Waals surface area (Å²) in [6.07, 6.45) is 1.86. The molecule has 4 rings (SSSR count). The number of halogens is 1. The van der Waals surface area contributed by atoms with Crippen LogP contribution in [-0.4, -0.2) is 29.9 Å². The molecule has 140 valence electrons. The Hall–Kier alpha value is -3.11. The summed E-state index contributed by atoms with van der Waals surface area (Å²) >= 11 is 6.02. The summed E-state index contributed by atoms with van der Waals surface area (Å²) in [7, 11) is 4.06. The maximum atomic E-state index is 6.02. The van der Waals surface area contributed by atoms with E-state index in [-0.39, 0.29) is 0 Å². The molecule has 0 spiro atoms. The van der Waals surface area contributed by atoms with Gasteiger partial charge in [0.15, 0.2) is 0 Å². The highest BCUT2D eigenvalue weighted by molar-refractivity contribution is 6.30. The zero-order chi connectivity index (χ0) is 19.5. The number of aromatic nitrogens is 2. The lowest BCUT2D eigenvalue weighted by atomic mass is 10.2. The fourth-order valence-corrected chi connectivity index (χ4v) is 3.21. The van der Waals surface area contributed by atoms with Gasteiger partial charge in [-0.25, -0.2) is 9.98 Å². The second-order valence-corrected chi connectivity index (χ2v) is 7.29. The summed E-state index contributed by atoms with van der Waals surface area (Å²) in [6.45, 7) is 0.684. The molecule has 0 aliphatic heterocycles. The number of benzene rings is 3. The summed E-state index contributed by atoms with van der Waals surface area (Å²) in [5.74, 6) is 0.688. The van der Waals surface area contributed by atoms with Crippen LogP contribution in [0.5, 0.6) is 0 Å². The van der Waals surface area contributed by atoms with Crippen molar-refractivity contribution in [1.29, 1.82) is 0 Å². The zero-order valence-electron chi connectivity index (χ0n) is 15.9. The Bertz CT molecular complexity index is 1110. The molecule has 1 aromatic heterocycles. The summed E-state index contributed by atoms with van der Waals surface area (Å²) in [4.78, 5) is 11.5. The van der Waals surface area contributed by atoms with Gasteiger partial charge in [-0.15, -0.1) is 0 Å². The summed E-state index contributed by atoms with van der Waals surface area (Å²) in [5.41, 5.74) is 5.35. The smallest absolute Gasteiger partial charge is 0.230 e. The Balaban J connectivity index is 1.68. The van der Waals surface area contributed by atoms with Gasteiger partial charge in [-0.05, 0) is 47.5 Å². The van der Waals surface area contributed by atoms with Gasteiger partial charge in [-0.3, -0.25) is 0 Å². The number of hydrogen-bond acceptors (Lipinski definition) is 3. The van der Waals surface area contributed by atoms with Crippen molar-refractivity contribution in [2.45, 2.75) is 6.54 Å². The Labute approximate surface area is 169 Å². The molecule has 0 unspecified atom stereocenters. The molecule has 5 heteroatoms. The lowest BCUT2D eigenvalue weighted by molar-refractivity contribution is 0.827. The van der Waals surface area contributed by atoms with Gasteiger partial charge in [-0.2, -0.15) is 0 Å². The Morgan fingerprint density at radius 1 is 0.964 bits per heavy atom. The molecule has 0 amide bonds. The Morgan fingerprint density at radius 2 is 1.68 bits per heavy atom. The van der Waals surface area contributed by atoms with Crippen LogP contribution in [0.1, 0.15) is 11.1 Å². The fourth-order valence-electron chi connectivity index (χ4n) is 3.08. The lowest BCUT2D eigenvalue weighted by Crippen LogP contribution is -2.08. The van der Waals surface area contributed by atoms with Gasteiger partial charge >= 0.3 is 0 Å². The number of anilines is 1. The molecule has 0 radical (unpaired) electrons. The van der Waals surface area contributed by atoms with Crippen LogP contribution < -0.4 is 4.90 Å². The number of fused-ring (bicyclic) bond motifs is 1. The number of para-hydroxylation sites is 2. The summed E-state index contributed by atoms with van der Waals surface area (Å²) in [6, 6.07) is 24.3. The second-order valence-electron chi connectivity index (χ2n) is 6.86. The first-order valence-electron chi connectivity index (χ1n) is 9.11. The van der Waals surface area contributed by atoms with Crippen molar-refractivity contribution in [2.75, 3.05) is 19.0 Å². The van der Waals surface area contributed by atoms with E-state index in [4.69, 9.17) is 16.6 Å². The number of hydrogen-bond donors (Lipinski definition) is 0. The molecule has 0 aliphatic carbocycles. The molecule has 0 aliphatic rings. The summed E-state index contributed by atoms with van der Waals surface area (Å²) < 4.78 is 2.13. The van der Waals surface area contributed by atoms with Crippen molar-refractivity contribution in [1.82, 2.24) is 9.55 Å². The van der Waals surface area contributed by atoms with Crippen molar-refractivity contribution in [3.8, 4) is 0 Å². The fraction of sp³-hybridized carbons (Fsp3) is 0.130. The minimum Gasteiger partial charge on any atom is -0.378 e. The zero-order valence-corrected chi connectivity index (χ0v) is 16.6. The third-order valence-corrected chi connectivity index (χ3v) is 4.88. The third kappa shape index (κ3) is 3.92. The number of nitrogens with zero attached hydrogens (tertiary/aromatic N) is 4. The molecule has 4 aromatic rings. The van der Waals surface area contributed by atoms with E-state index < -0.39 is 0 Å². The Kier molecular flexibility index (Phi) is 5.13. The van der Waals surface area contributed by atoms with E-state index in [1.54, 1.807) is 0 Å². The predicted octanol–water partition coefficient (Wildman–Crippen LogP) is 5.55. The molecule has 0 bridgehead atoms. The molecule has 0 atom stereocenters. The first-order chi connectivity index (χ1) is 13.6. The van der Waals surface area contributed by atoms with E-state index >= 15 is 0 Å². The van der Waals surface area contributed by atoms with Gasteiger partial charge in [0.25, 0.3) is 0 Å². The van der Waals surface area contributed by atoms with Crippen LogP contribution in [0.15, 0.2) is 77.8 Å². The van der Waals surface area contributed by atoms with Crippen LogP contribution >= 0.6 is 11.6 Å². The van der Waals surface area contributed by atoms with Crippen LogP contribution in [-0.2, 0) is 6.54 Å². The van der Waals surface area contributed by atoms with Crippen LogP contribution in [0.3, 0.4) is 0 Å². The third-order valence-electron chi connectivity index (χ3n) is 4.63. The van der Waals surface area contributed by atoms with Crippen molar-refractivity contribution in [2.24, 2.45) is 4.99 Å². The standard InChI is InChI=1S/C23H21ClN4/c1-27(2)20-13-9-17(10-14-20)15-25-23-26-21-5-3-4-6-22(21)28(23)16-18-7-11-19(24)12-8-18/h3-15H,16H2,1-2H3/b25-15+. The highest BCUT2D eigenvalue weighted by Gasteiger charge is 2.10. The normalized spacial score (nSPS) is 11.4. The maximum Gasteiger partial charge on any atom is 0.230 e. The van der Waals surface area contributed by atoms with Crippen LogP contribution in [0.2, 0.25) is 5.02 Å². The van der Waals surface area contributed by atoms with Gasteiger partial charge < -0.3 is 9.47 Å². The summed E-state index contributed by atoms with van der Waals surface area (Å²) in [5, 5.41) is 0.735. The molecular formula is C23H21ClN4. The van der Waals surface area contributed by atoms with E-state index in [2.05, 4.69) is 44.8 Å². The van der Waals surface area contributed by atoms with E-state index in [1.165, 1.54) is 0 Å². The van der Waals surface area contributed by atoms with E-state index in [1.807, 2.05) is 62.8 Å². The SMILES string of the molecule is CN(C)c1ccc(/C=N/c2nc3ccccc3n2Cc2ccc(Cl)cc2)cc1. The molecule has 1 heterocycles. The number of rotatable bonds is 5. The van der Waals surface area contributed by atoms with Gasteiger partial charge in [0, 0.05) is 31.0 Å². The lowest BCUT2D eigenvalue weighted by Gasteiger charge is -2.11. The number of imidazole rings is 1. The average molecular weight is 389 g/mol. The molecule has 0 saturated heterocycles. The van der Waals surface area contributed by atoms with Crippen LogP contribution in [0.25, 0.3) is 11.0 Å². The minimum atomic E-state index is 0.684. The maximum absolute atomic E-state index is 6.02. The van der Waals surface area contributed by atoms with E-state index in [0.717, 1.165) is 32.9 Å². The second kappa shape index (κ2) is 7.87. The van der Waals surface area contributed by atoms with Crippen molar-refractivity contribution < 1.29 is 0 Å². The average Bonchev–Trinajstić information content (AvgIpc) is 3.06. The largest absolute Gasteiger partial charge is 0.378 e. The molecule has 0 saturated carbocycles. The van der Waals surface area contributed by atoms with Gasteiger partial charge in [0.1, 0.15) is 0 Å². The molecule has 3 aromatic carbocycles. The van der Waals surface area contributed by atoms with Gasteiger partial charge in [0.2, 0.25) is 5.95 Å². The molecule has 4 nitrogen and oxygen atoms in total. The topological polar surface area (TPSA) is 33.4 Å².